The monoisotopic (exact) mass is 451 g/mol. The molecule has 0 unspecified atom stereocenters. The van der Waals surface area contributed by atoms with Gasteiger partial charge in [0.15, 0.2) is 15.5 Å². The van der Waals surface area contributed by atoms with Gasteiger partial charge < -0.3 is 10.3 Å². The van der Waals surface area contributed by atoms with Gasteiger partial charge in [-0.25, -0.2) is 18.1 Å². The van der Waals surface area contributed by atoms with Crippen molar-refractivity contribution in [3.8, 4) is 5.69 Å². The number of H-pyrrole nitrogens is 1. The maximum absolute atomic E-state index is 12.5. The average Bonchev–Trinajstić information content (AvgIpc) is 3.20. The van der Waals surface area contributed by atoms with Gasteiger partial charge in [-0.05, 0) is 30.5 Å². The van der Waals surface area contributed by atoms with Crippen LogP contribution in [0.1, 0.15) is 12.0 Å². The predicted octanol–water partition coefficient (Wildman–Crippen LogP) is 2.09. The minimum absolute atomic E-state index is 0.0759. The smallest absolute Gasteiger partial charge is 0.261 e. The molecule has 164 valence electrons. The number of aryl methyl sites for hydroxylation is 1. The maximum atomic E-state index is 12.5. The third-order valence-corrected chi connectivity index (χ3v) is 6.50. The van der Waals surface area contributed by atoms with E-state index in [9.17, 15) is 18.0 Å². The highest BCUT2D eigenvalue weighted by atomic mass is 32.2. The van der Waals surface area contributed by atoms with Gasteiger partial charge in [-0.3, -0.25) is 9.59 Å². The summed E-state index contributed by atoms with van der Waals surface area (Å²) in [6.45, 7) is 0. The van der Waals surface area contributed by atoms with Crippen LogP contribution in [0.5, 0.6) is 0 Å². The van der Waals surface area contributed by atoms with E-state index in [1.165, 1.54) is 17.2 Å². The van der Waals surface area contributed by atoms with E-state index in [0.717, 1.165) is 5.56 Å². The van der Waals surface area contributed by atoms with Crippen molar-refractivity contribution in [2.75, 3.05) is 16.8 Å². The second-order valence-electron chi connectivity index (χ2n) is 7.27. The SMILES string of the molecule is O=C(CS(=O)(=O)CCCc1ccccc1)Nc1ccccc1-n1ncc2c(=O)[nH]cnc21. The van der Waals surface area contributed by atoms with Gasteiger partial charge in [-0.15, -0.1) is 0 Å². The summed E-state index contributed by atoms with van der Waals surface area (Å²) in [6, 6.07) is 16.4. The molecule has 0 saturated heterocycles. The number of carbonyl (C=O) groups excluding carboxylic acids is 1. The van der Waals surface area contributed by atoms with Crippen molar-refractivity contribution < 1.29 is 13.2 Å². The molecule has 0 aliphatic rings. The Kier molecular flexibility index (Phi) is 6.13. The molecule has 2 heterocycles. The second-order valence-corrected chi connectivity index (χ2v) is 9.46. The van der Waals surface area contributed by atoms with Gasteiger partial charge in [-0.2, -0.15) is 5.10 Å². The molecule has 1 amide bonds. The van der Waals surface area contributed by atoms with Crippen LogP contribution in [-0.2, 0) is 21.1 Å². The molecule has 9 nitrogen and oxygen atoms in total. The molecule has 2 aromatic carbocycles. The molecule has 0 aliphatic carbocycles. The van der Waals surface area contributed by atoms with Crippen molar-refractivity contribution >= 4 is 32.5 Å². The van der Waals surface area contributed by atoms with Gasteiger partial charge in [0.25, 0.3) is 5.56 Å². The zero-order valence-electron chi connectivity index (χ0n) is 17.1. The van der Waals surface area contributed by atoms with E-state index in [0.29, 0.717) is 35.2 Å². The number of aromatic amines is 1. The van der Waals surface area contributed by atoms with Gasteiger partial charge in [-0.1, -0.05) is 42.5 Å². The first-order chi connectivity index (χ1) is 15.4. The van der Waals surface area contributed by atoms with Gasteiger partial charge in [0, 0.05) is 0 Å². The Bertz CT molecular complexity index is 1410. The minimum Gasteiger partial charge on any atom is -0.323 e. The highest BCUT2D eigenvalue weighted by molar-refractivity contribution is 7.92. The van der Waals surface area contributed by atoms with Crippen LogP contribution in [0.3, 0.4) is 0 Å². The fourth-order valence-corrected chi connectivity index (χ4v) is 4.60. The van der Waals surface area contributed by atoms with Crippen LogP contribution >= 0.6 is 0 Å². The van der Waals surface area contributed by atoms with Crippen molar-refractivity contribution in [2.24, 2.45) is 0 Å². The van der Waals surface area contributed by atoms with Gasteiger partial charge in [0.2, 0.25) is 5.91 Å². The summed E-state index contributed by atoms with van der Waals surface area (Å²) in [4.78, 5) is 31.1. The molecule has 10 heteroatoms. The maximum Gasteiger partial charge on any atom is 0.261 e. The first-order valence-corrected chi connectivity index (χ1v) is 11.8. The molecule has 0 fully saturated rings. The minimum atomic E-state index is -3.57. The molecule has 4 aromatic rings. The van der Waals surface area contributed by atoms with E-state index in [-0.39, 0.29) is 11.3 Å². The normalized spacial score (nSPS) is 11.5. The number of para-hydroxylation sites is 2. The number of hydrogen-bond acceptors (Lipinski definition) is 6. The Balaban J connectivity index is 1.46. The summed E-state index contributed by atoms with van der Waals surface area (Å²) in [5, 5.41) is 7.15. The lowest BCUT2D eigenvalue weighted by atomic mass is 10.1. The first kappa shape index (κ1) is 21.4. The highest BCUT2D eigenvalue weighted by Crippen LogP contribution is 2.22. The first-order valence-electron chi connectivity index (χ1n) is 9.98. The molecule has 0 atom stereocenters. The van der Waals surface area contributed by atoms with Crippen LogP contribution < -0.4 is 10.9 Å². The molecule has 0 aliphatic heterocycles. The van der Waals surface area contributed by atoms with Gasteiger partial charge in [0.1, 0.15) is 11.1 Å². The Labute approximate surface area is 184 Å². The lowest BCUT2D eigenvalue weighted by molar-refractivity contribution is -0.113. The molecular weight excluding hydrogens is 430 g/mol. The standard InChI is InChI=1S/C22H21N5O4S/c28-20(14-32(30,31)12-6-9-16-7-2-1-3-8-16)26-18-10-4-5-11-19(18)27-21-17(13-25-27)22(29)24-15-23-21/h1-5,7-8,10-11,13,15H,6,9,12,14H2,(H,26,28)(H,23,24,29). The number of aromatic nitrogens is 4. The summed E-state index contributed by atoms with van der Waals surface area (Å²) >= 11 is 0. The number of rotatable bonds is 8. The number of carbonyl (C=O) groups is 1. The van der Waals surface area contributed by atoms with E-state index in [1.807, 2.05) is 30.3 Å². The van der Waals surface area contributed by atoms with E-state index < -0.39 is 21.5 Å². The van der Waals surface area contributed by atoms with E-state index in [4.69, 9.17) is 0 Å². The van der Waals surface area contributed by atoms with Gasteiger partial charge in [0.05, 0.1) is 29.7 Å². The van der Waals surface area contributed by atoms with Crippen LogP contribution in [0, 0.1) is 0 Å². The summed E-state index contributed by atoms with van der Waals surface area (Å²) < 4.78 is 26.3. The molecule has 0 bridgehead atoms. The highest BCUT2D eigenvalue weighted by Gasteiger charge is 2.19. The van der Waals surface area contributed by atoms with Crippen LogP contribution in [0.4, 0.5) is 5.69 Å². The van der Waals surface area contributed by atoms with Crippen molar-refractivity contribution in [1.29, 1.82) is 0 Å². The topological polar surface area (TPSA) is 127 Å². The predicted molar refractivity (Wildman–Crippen MR) is 122 cm³/mol. The molecule has 32 heavy (non-hydrogen) atoms. The lowest BCUT2D eigenvalue weighted by Gasteiger charge is -2.12. The zero-order valence-corrected chi connectivity index (χ0v) is 17.9. The quantitative estimate of drug-likeness (QED) is 0.422. The molecule has 0 saturated carbocycles. The Hall–Kier alpha value is -3.79. The molecule has 4 rings (SSSR count). The number of nitrogens with one attached hydrogen (secondary N) is 2. The fraction of sp³-hybridized carbons (Fsp3) is 0.182. The van der Waals surface area contributed by atoms with Gasteiger partial charge >= 0.3 is 0 Å². The Morgan fingerprint density at radius 1 is 1.06 bits per heavy atom. The van der Waals surface area contributed by atoms with Crippen molar-refractivity contribution in [1.82, 2.24) is 19.7 Å². The van der Waals surface area contributed by atoms with Crippen LogP contribution in [0.15, 0.2) is 71.9 Å². The van der Waals surface area contributed by atoms with Crippen molar-refractivity contribution in [3.05, 3.63) is 83.0 Å². The number of hydrogen-bond donors (Lipinski definition) is 2. The molecule has 2 N–H and O–H groups in total. The van der Waals surface area contributed by atoms with Crippen LogP contribution in [0.25, 0.3) is 16.7 Å². The van der Waals surface area contributed by atoms with Crippen LogP contribution in [0.2, 0.25) is 0 Å². The third kappa shape index (κ3) is 4.92. The number of benzene rings is 2. The molecular formula is C22H21N5O4S. The van der Waals surface area contributed by atoms with E-state index >= 15 is 0 Å². The summed E-state index contributed by atoms with van der Waals surface area (Å²) in [5.41, 5.74) is 1.88. The lowest BCUT2D eigenvalue weighted by Crippen LogP contribution is -2.25. The van der Waals surface area contributed by atoms with E-state index in [1.54, 1.807) is 24.3 Å². The Morgan fingerprint density at radius 3 is 2.62 bits per heavy atom. The van der Waals surface area contributed by atoms with Crippen molar-refractivity contribution in [3.63, 3.8) is 0 Å². The summed E-state index contributed by atoms with van der Waals surface area (Å²) in [6.07, 6.45) is 3.72. The largest absolute Gasteiger partial charge is 0.323 e. The zero-order chi connectivity index (χ0) is 22.6. The average molecular weight is 452 g/mol. The third-order valence-electron chi connectivity index (χ3n) is 4.89. The number of nitrogens with zero attached hydrogens (tertiary/aromatic N) is 3. The van der Waals surface area contributed by atoms with Crippen LogP contribution in [-0.4, -0.2) is 45.6 Å². The second kappa shape index (κ2) is 9.15. The fourth-order valence-electron chi connectivity index (χ4n) is 3.40. The van der Waals surface area contributed by atoms with Crippen molar-refractivity contribution in [2.45, 2.75) is 12.8 Å². The Morgan fingerprint density at radius 2 is 1.81 bits per heavy atom. The molecule has 0 spiro atoms. The molecule has 2 aromatic heterocycles. The number of anilines is 1. The summed E-state index contributed by atoms with van der Waals surface area (Å²) in [5.74, 6) is -1.33. The molecule has 0 radical (unpaired) electrons. The summed E-state index contributed by atoms with van der Waals surface area (Å²) in [7, 11) is -3.57. The number of sulfone groups is 1. The number of amides is 1. The number of fused-ring (bicyclic) bond motifs is 1. The van der Waals surface area contributed by atoms with E-state index in [2.05, 4.69) is 20.4 Å².